The minimum Gasteiger partial charge on any atom is -0.497 e. The summed E-state index contributed by atoms with van der Waals surface area (Å²) < 4.78 is 15.8. The van der Waals surface area contributed by atoms with Gasteiger partial charge in [0.15, 0.2) is 0 Å². The normalized spacial score (nSPS) is 10.7. The fourth-order valence-corrected chi connectivity index (χ4v) is 2.47. The van der Waals surface area contributed by atoms with E-state index in [9.17, 15) is 4.79 Å². The van der Waals surface area contributed by atoms with Gasteiger partial charge in [-0.05, 0) is 48.4 Å². The Labute approximate surface area is 127 Å². The lowest BCUT2D eigenvalue weighted by Gasteiger charge is -2.08. The van der Waals surface area contributed by atoms with E-state index in [4.69, 9.17) is 13.9 Å². The van der Waals surface area contributed by atoms with E-state index in [-0.39, 0.29) is 5.63 Å². The number of methoxy groups -OCH3 is 2. The fraction of sp³-hybridized carbons (Fsp3) is 0.167. The van der Waals surface area contributed by atoms with Gasteiger partial charge >= 0.3 is 5.63 Å². The molecule has 0 fully saturated rings. The minimum atomic E-state index is -0.367. The first-order valence-electron chi connectivity index (χ1n) is 6.89. The van der Waals surface area contributed by atoms with Gasteiger partial charge in [0, 0.05) is 11.5 Å². The zero-order valence-corrected chi connectivity index (χ0v) is 12.7. The molecule has 0 aliphatic carbocycles. The minimum absolute atomic E-state index is 0.367. The van der Waals surface area contributed by atoms with Crippen molar-refractivity contribution in [2.75, 3.05) is 14.2 Å². The predicted octanol–water partition coefficient (Wildman–Crippen LogP) is 3.79. The first-order chi connectivity index (χ1) is 10.6. The van der Waals surface area contributed by atoms with Gasteiger partial charge < -0.3 is 13.9 Å². The lowest BCUT2D eigenvalue weighted by molar-refractivity contribution is 0.414. The van der Waals surface area contributed by atoms with Crippen LogP contribution in [0.2, 0.25) is 0 Å². The molecule has 0 aliphatic heterocycles. The zero-order chi connectivity index (χ0) is 15.7. The van der Waals surface area contributed by atoms with Crippen LogP contribution in [0.4, 0.5) is 0 Å². The van der Waals surface area contributed by atoms with Crippen LogP contribution >= 0.6 is 0 Å². The topological polar surface area (TPSA) is 48.7 Å². The standard InChI is InChI=1S/C18H16O4/c1-11-8-13(20-2)6-7-15(11)16-9-12-4-5-14(21-3)10-17(12)22-18(16)19/h4-10H,1-3H3. The molecule has 4 nitrogen and oxygen atoms in total. The number of aryl methyl sites for hydroxylation is 1. The number of benzene rings is 2. The van der Waals surface area contributed by atoms with Crippen LogP contribution in [0.5, 0.6) is 11.5 Å². The first kappa shape index (κ1) is 14.2. The molecule has 3 aromatic rings. The Kier molecular flexibility index (Phi) is 3.59. The molecule has 0 N–H and O–H groups in total. The Balaban J connectivity index is 2.19. The largest absolute Gasteiger partial charge is 0.497 e. The molecule has 0 spiro atoms. The third kappa shape index (κ3) is 2.44. The summed E-state index contributed by atoms with van der Waals surface area (Å²) in [5.74, 6) is 1.42. The lowest BCUT2D eigenvalue weighted by atomic mass is 10.0. The Hall–Kier alpha value is -2.75. The van der Waals surface area contributed by atoms with Gasteiger partial charge in [-0.2, -0.15) is 0 Å². The number of rotatable bonds is 3. The molecule has 112 valence electrons. The van der Waals surface area contributed by atoms with Gasteiger partial charge in [0.05, 0.1) is 19.8 Å². The molecule has 4 heteroatoms. The van der Waals surface area contributed by atoms with Gasteiger partial charge in [0.1, 0.15) is 17.1 Å². The van der Waals surface area contributed by atoms with Gasteiger partial charge in [0.2, 0.25) is 0 Å². The molecule has 1 aromatic heterocycles. The second kappa shape index (κ2) is 5.56. The van der Waals surface area contributed by atoms with E-state index in [2.05, 4.69) is 0 Å². The molecular formula is C18H16O4. The predicted molar refractivity (Wildman–Crippen MR) is 85.8 cm³/mol. The van der Waals surface area contributed by atoms with Crippen LogP contribution in [0.25, 0.3) is 22.1 Å². The van der Waals surface area contributed by atoms with Crippen molar-refractivity contribution in [2.24, 2.45) is 0 Å². The van der Waals surface area contributed by atoms with Gasteiger partial charge in [-0.15, -0.1) is 0 Å². The molecule has 0 amide bonds. The smallest absolute Gasteiger partial charge is 0.344 e. The van der Waals surface area contributed by atoms with Crippen molar-refractivity contribution in [3.05, 3.63) is 58.4 Å². The SMILES string of the molecule is COc1ccc(-c2cc3ccc(OC)cc3oc2=O)c(C)c1. The van der Waals surface area contributed by atoms with Gasteiger partial charge in [-0.3, -0.25) is 0 Å². The lowest BCUT2D eigenvalue weighted by Crippen LogP contribution is -2.04. The monoisotopic (exact) mass is 296 g/mol. The third-order valence-electron chi connectivity index (χ3n) is 3.67. The summed E-state index contributed by atoms with van der Waals surface area (Å²) in [6, 6.07) is 12.9. The number of hydrogen-bond donors (Lipinski definition) is 0. The average molecular weight is 296 g/mol. The van der Waals surface area contributed by atoms with Gasteiger partial charge in [-0.1, -0.05) is 6.07 Å². The maximum absolute atomic E-state index is 12.3. The highest BCUT2D eigenvalue weighted by molar-refractivity contribution is 5.83. The van der Waals surface area contributed by atoms with Crippen LogP contribution in [0, 0.1) is 6.92 Å². The molecule has 0 saturated heterocycles. The highest BCUT2D eigenvalue weighted by Crippen LogP contribution is 2.28. The van der Waals surface area contributed by atoms with E-state index in [1.165, 1.54) is 0 Å². The summed E-state index contributed by atoms with van der Waals surface area (Å²) in [6.07, 6.45) is 0. The van der Waals surface area contributed by atoms with E-state index < -0.39 is 0 Å². The summed E-state index contributed by atoms with van der Waals surface area (Å²) in [7, 11) is 3.20. The Morgan fingerprint density at radius 2 is 1.55 bits per heavy atom. The molecule has 0 bridgehead atoms. The summed E-state index contributed by atoms with van der Waals surface area (Å²) >= 11 is 0. The zero-order valence-electron chi connectivity index (χ0n) is 12.7. The van der Waals surface area contributed by atoms with Crippen molar-refractivity contribution >= 4 is 11.0 Å². The number of ether oxygens (including phenoxy) is 2. The van der Waals surface area contributed by atoms with E-state index in [0.717, 1.165) is 22.3 Å². The van der Waals surface area contributed by atoms with Crippen molar-refractivity contribution in [1.82, 2.24) is 0 Å². The van der Waals surface area contributed by atoms with E-state index in [0.29, 0.717) is 16.9 Å². The van der Waals surface area contributed by atoms with E-state index >= 15 is 0 Å². The van der Waals surface area contributed by atoms with E-state index in [1.807, 2.05) is 43.3 Å². The molecule has 1 heterocycles. The molecule has 0 unspecified atom stereocenters. The number of fused-ring (bicyclic) bond motifs is 1. The second-order valence-corrected chi connectivity index (χ2v) is 5.03. The summed E-state index contributed by atoms with van der Waals surface area (Å²) in [5, 5.41) is 0.852. The highest BCUT2D eigenvalue weighted by Gasteiger charge is 2.11. The molecule has 0 radical (unpaired) electrons. The first-order valence-corrected chi connectivity index (χ1v) is 6.89. The van der Waals surface area contributed by atoms with E-state index in [1.54, 1.807) is 20.3 Å². The highest BCUT2D eigenvalue weighted by atomic mass is 16.5. The summed E-state index contributed by atoms with van der Waals surface area (Å²) in [6.45, 7) is 1.94. The molecule has 22 heavy (non-hydrogen) atoms. The molecule has 0 atom stereocenters. The van der Waals surface area contributed by atoms with Crippen LogP contribution in [0.3, 0.4) is 0 Å². The van der Waals surface area contributed by atoms with Crippen LogP contribution < -0.4 is 15.1 Å². The summed E-state index contributed by atoms with van der Waals surface area (Å²) in [4.78, 5) is 12.3. The third-order valence-corrected chi connectivity index (χ3v) is 3.67. The molecular weight excluding hydrogens is 280 g/mol. The maximum atomic E-state index is 12.3. The number of hydrogen-bond acceptors (Lipinski definition) is 4. The quantitative estimate of drug-likeness (QED) is 0.690. The average Bonchev–Trinajstić information content (AvgIpc) is 2.53. The van der Waals surface area contributed by atoms with Crippen LogP contribution in [0.15, 0.2) is 51.7 Å². The Morgan fingerprint density at radius 3 is 2.23 bits per heavy atom. The Bertz CT molecular complexity index is 893. The maximum Gasteiger partial charge on any atom is 0.344 e. The molecule has 2 aromatic carbocycles. The van der Waals surface area contributed by atoms with Crippen molar-refractivity contribution in [2.45, 2.75) is 6.92 Å². The van der Waals surface area contributed by atoms with Crippen molar-refractivity contribution < 1.29 is 13.9 Å². The molecule has 0 aliphatic rings. The molecule has 3 rings (SSSR count). The van der Waals surface area contributed by atoms with Crippen LogP contribution in [-0.4, -0.2) is 14.2 Å². The second-order valence-electron chi connectivity index (χ2n) is 5.03. The van der Waals surface area contributed by atoms with Crippen LogP contribution in [-0.2, 0) is 0 Å². The van der Waals surface area contributed by atoms with Crippen LogP contribution in [0.1, 0.15) is 5.56 Å². The fourth-order valence-electron chi connectivity index (χ4n) is 2.47. The van der Waals surface area contributed by atoms with Gasteiger partial charge in [0.25, 0.3) is 0 Å². The Morgan fingerprint density at radius 1 is 0.864 bits per heavy atom. The molecule has 0 saturated carbocycles. The van der Waals surface area contributed by atoms with Gasteiger partial charge in [-0.25, -0.2) is 4.79 Å². The van der Waals surface area contributed by atoms with Crippen molar-refractivity contribution in [3.8, 4) is 22.6 Å². The summed E-state index contributed by atoms with van der Waals surface area (Å²) in [5.41, 5.74) is 2.48. The van der Waals surface area contributed by atoms with Crippen molar-refractivity contribution in [3.63, 3.8) is 0 Å². The van der Waals surface area contributed by atoms with Crippen molar-refractivity contribution in [1.29, 1.82) is 0 Å².